The van der Waals surface area contributed by atoms with E-state index >= 15 is 0 Å². The van der Waals surface area contributed by atoms with E-state index in [1.165, 1.54) is 0 Å². The first-order valence-corrected chi connectivity index (χ1v) is 4.11. The first-order valence-electron chi connectivity index (χ1n) is 4.11. The molecule has 1 heterocycles. The van der Waals surface area contributed by atoms with Gasteiger partial charge in [0.25, 0.3) is 0 Å². The SMILES string of the molecule is CCC1(CC)OCCCO1. The van der Waals surface area contributed by atoms with Crippen LogP contribution in [0.2, 0.25) is 0 Å². The van der Waals surface area contributed by atoms with Crippen LogP contribution in [0.3, 0.4) is 0 Å². The highest BCUT2D eigenvalue weighted by Gasteiger charge is 2.29. The van der Waals surface area contributed by atoms with Gasteiger partial charge in [-0.1, -0.05) is 13.8 Å². The lowest BCUT2D eigenvalue weighted by molar-refractivity contribution is -0.269. The van der Waals surface area contributed by atoms with E-state index in [4.69, 9.17) is 9.47 Å². The summed E-state index contributed by atoms with van der Waals surface area (Å²) in [4.78, 5) is 0. The van der Waals surface area contributed by atoms with Crippen LogP contribution in [0.5, 0.6) is 0 Å². The average Bonchev–Trinajstić information content (AvgIpc) is 2.06. The molecule has 0 aliphatic carbocycles. The summed E-state index contributed by atoms with van der Waals surface area (Å²) in [7, 11) is 0. The molecular weight excluding hydrogens is 128 g/mol. The molecule has 0 aromatic carbocycles. The number of hydrogen-bond donors (Lipinski definition) is 0. The Morgan fingerprint density at radius 1 is 1.10 bits per heavy atom. The molecule has 0 N–H and O–H groups in total. The van der Waals surface area contributed by atoms with Gasteiger partial charge >= 0.3 is 0 Å². The Hall–Kier alpha value is -0.0800. The Labute approximate surface area is 62.5 Å². The van der Waals surface area contributed by atoms with Crippen molar-refractivity contribution >= 4 is 0 Å². The minimum Gasteiger partial charge on any atom is -0.350 e. The van der Waals surface area contributed by atoms with E-state index in [0.717, 1.165) is 32.5 Å². The van der Waals surface area contributed by atoms with Crippen LogP contribution in [0.15, 0.2) is 0 Å². The van der Waals surface area contributed by atoms with E-state index in [2.05, 4.69) is 13.8 Å². The smallest absolute Gasteiger partial charge is 0.167 e. The predicted molar refractivity (Wildman–Crippen MR) is 39.8 cm³/mol. The lowest BCUT2D eigenvalue weighted by Gasteiger charge is -2.35. The molecular formula is C8H16O2. The molecule has 1 saturated heterocycles. The molecule has 1 rings (SSSR count). The van der Waals surface area contributed by atoms with Crippen molar-refractivity contribution in [2.45, 2.75) is 38.9 Å². The molecule has 1 aliphatic rings. The van der Waals surface area contributed by atoms with Gasteiger partial charge in [0.1, 0.15) is 0 Å². The Bertz CT molecular complexity index is 89.4. The van der Waals surface area contributed by atoms with Gasteiger partial charge in [0.05, 0.1) is 13.2 Å². The topological polar surface area (TPSA) is 18.5 Å². The molecule has 0 saturated carbocycles. The first kappa shape index (κ1) is 8.02. The lowest BCUT2D eigenvalue weighted by Crippen LogP contribution is -2.39. The van der Waals surface area contributed by atoms with Crippen LogP contribution in [0.1, 0.15) is 33.1 Å². The van der Waals surface area contributed by atoms with Crippen molar-refractivity contribution < 1.29 is 9.47 Å². The fourth-order valence-electron chi connectivity index (χ4n) is 1.28. The Morgan fingerprint density at radius 3 is 1.90 bits per heavy atom. The molecule has 0 spiro atoms. The highest BCUT2D eigenvalue weighted by molar-refractivity contribution is 4.68. The summed E-state index contributed by atoms with van der Waals surface area (Å²) >= 11 is 0. The molecule has 0 unspecified atom stereocenters. The highest BCUT2D eigenvalue weighted by atomic mass is 16.7. The second kappa shape index (κ2) is 3.35. The zero-order valence-electron chi connectivity index (χ0n) is 6.85. The molecule has 1 aliphatic heterocycles. The van der Waals surface area contributed by atoms with E-state index in [1.807, 2.05) is 0 Å². The molecule has 60 valence electrons. The monoisotopic (exact) mass is 144 g/mol. The molecule has 1 fully saturated rings. The second-order valence-electron chi connectivity index (χ2n) is 2.67. The summed E-state index contributed by atoms with van der Waals surface area (Å²) in [6, 6.07) is 0. The molecule has 0 radical (unpaired) electrons. The fraction of sp³-hybridized carbons (Fsp3) is 1.00. The summed E-state index contributed by atoms with van der Waals surface area (Å²) < 4.78 is 11.1. The van der Waals surface area contributed by atoms with Crippen molar-refractivity contribution in [3.63, 3.8) is 0 Å². The van der Waals surface area contributed by atoms with E-state index < -0.39 is 0 Å². The first-order chi connectivity index (χ1) is 4.83. The quantitative estimate of drug-likeness (QED) is 0.589. The van der Waals surface area contributed by atoms with Gasteiger partial charge in [0, 0.05) is 0 Å². The maximum Gasteiger partial charge on any atom is 0.167 e. The third-order valence-electron chi connectivity index (χ3n) is 2.10. The zero-order chi connectivity index (χ0) is 7.45. The number of rotatable bonds is 2. The maximum absolute atomic E-state index is 5.54. The van der Waals surface area contributed by atoms with E-state index in [9.17, 15) is 0 Å². The molecule has 0 aromatic rings. The normalized spacial score (nSPS) is 24.6. The average molecular weight is 144 g/mol. The Morgan fingerprint density at radius 2 is 1.60 bits per heavy atom. The van der Waals surface area contributed by atoms with Crippen molar-refractivity contribution in [2.24, 2.45) is 0 Å². The van der Waals surface area contributed by atoms with E-state index in [1.54, 1.807) is 0 Å². The molecule has 2 nitrogen and oxygen atoms in total. The summed E-state index contributed by atoms with van der Waals surface area (Å²) in [6.45, 7) is 5.94. The van der Waals surface area contributed by atoms with Crippen molar-refractivity contribution in [1.29, 1.82) is 0 Å². The van der Waals surface area contributed by atoms with Crippen LogP contribution in [0.4, 0.5) is 0 Å². The van der Waals surface area contributed by atoms with Gasteiger partial charge < -0.3 is 9.47 Å². The zero-order valence-corrected chi connectivity index (χ0v) is 6.85. The standard InChI is InChI=1S/C8H16O2/c1-3-8(4-2)9-6-5-7-10-8/h3-7H2,1-2H3. The van der Waals surface area contributed by atoms with Gasteiger partial charge in [-0.15, -0.1) is 0 Å². The van der Waals surface area contributed by atoms with Crippen molar-refractivity contribution in [1.82, 2.24) is 0 Å². The summed E-state index contributed by atoms with van der Waals surface area (Å²) in [5, 5.41) is 0. The van der Waals surface area contributed by atoms with Crippen LogP contribution in [-0.2, 0) is 9.47 Å². The lowest BCUT2D eigenvalue weighted by atomic mass is 10.1. The summed E-state index contributed by atoms with van der Waals surface area (Å²) in [6.07, 6.45) is 2.97. The maximum atomic E-state index is 5.54. The van der Waals surface area contributed by atoms with Crippen LogP contribution < -0.4 is 0 Å². The molecule has 0 atom stereocenters. The van der Waals surface area contributed by atoms with Gasteiger partial charge in [0.2, 0.25) is 0 Å². The largest absolute Gasteiger partial charge is 0.350 e. The van der Waals surface area contributed by atoms with Crippen molar-refractivity contribution in [2.75, 3.05) is 13.2 Å². The van der Waals surface area contributed by atoms with E-state index in [-0.39, 0.29) is 5.79 Å². The minimum atomic E-state index is -0.238. The van der Waals surface area contributed by atoms with Gasteiger partial charge in [-0.05, 0) is 19.3 Å². The number of ether oxygens (including phenoxy) is 2. The third kappa shape index (κ3) is 1.50. The highest BCUT2D eigenvalue weighted by Crippen LogP contribution is 2.25. The minimum absolute atomic E-state index is 0.238. The molecule has 2 heteroatoms. The van der Waals surface area contributed by atoms with Gasteiger partial charge in [-0.2, -0.15) is 0 Å². The predicted octanol–water partition coefficient (Wildman–Crippen LogP) is 1.94. The molecule has 0 bridgehead atoms. The fourth-order valence-corrected chi connectivity index (χ4v) is 1.28. The Kier molecular flexibility index (Phi) is 2.69. The summed E-state index contributed by atoms with van der Waals surface area (Å²) in [5.41, 5.74) is 0. The number of hydrogen-bond acceptors (Lipinski definition) is 2. The molecule has 0 amide bonds. The summed E-state index contributed by atoms with van der Waals surface area (Å²) in [5.74, 6) is -0.238. The second-order valence-corrected chi connectivity index (χ2v) is 2.67. The van der Waals surface area contributed by atoms with Gasteiger partial charge in [0.15, 0.2) is 5.79 Å². The van der Waals surface area contributed by atoms with Crippen LogP contribution in [0, 0.1) is 0 Å². The van der Waals surface area contributed by atoms with Crippen LogP contribution in [0.25, 0.3) is 0 Å². The van der Waals surface area contributed by atoms with Crippen molar-refractivity contribution in [3.8, 4) is 0 Å². The molecule has 0 aromatic heterocycles. The van der Waals surface area contributed by atoms with Gasteiger partial charge in [-0.3, -0.25) is 0 Å². The van der Waals surface area contributed by atoms with Crippen LogP contribution >= 0.6 is 0 Å². The van der Waals surface area contributed by atoms with Gasteiger partial charge in [-0.25, -0.2) is 0 Å². The van der Waals surface area contributed by atoms with Crippen LogP contribution in [-0.4, -0.2) is 19.0 Å². The third-order valence-corrected chi connectivity index (χ3v) is 2.10. The molecule has 10 heavy (non-hydrogen) atoms. The van der Waals surface area contributed by atoms with Crippen molar-refractivity contribution in [3.05, 3.63) is 0 Å². The van der Waals surface area contributed by atoms with E-state index in [0.29, 0.717) is 0 Å². The Balaban J connectivity index is 2.44.